The number of rotatable bonds is 4. The van der Waals surface area contributed by atoms with E-state index in [0.717, 1.165) is 0 Å². The molecule has 0 aliphatic carbocycles. The Kier molecular flexibility index (Phi) is 4.94. The van der Waals surface area contributed by atoms with E-state index in [0.29, 0.717) is 25.9 Å². The molecule has 0 radical (unpaired) electrons. The summed E-state index contributed by atoms with van der Waals surface area (Å²) in [6.07, 6.45) is 1.03. The molecule has 1 unspecified atom stereocenters. The van der Waals surface area contributed by atoms with Crippen LogP contribution in [0.5, 0.6) is 0 Å². The first-order valence-electron chi connectivity index (χ1n) is 5.96. The van der Waals surface area contributed by atoms with Gasteiger partial charge in [0.1, 0.15) is 0 Å². The molecule has 0 aromatic carbocycles. The molecule has 1 rings (SSSR count). The minimum absolute atomic E-state index is 0.0946. The maximum Gasteiger partial charge on any atom is 0.317 e. The normalized spacial score (nSPS) is 18.2. The number of piperidine rings is 1. The highest BCUT2D eigenvalue weighted by atomic mass is 16.4. The Hall–Kier alpha value is -1.79. The number of carbonyl (C=O) groups is 3. The third-order valence-electron chi connectivity index (χ3n) is 3.01. The summed E-state index contributed by atoms with van der Waals surface area (Å²) in [5.74, 6) is -1.64. The van der Waals surface area contributed by atoms with Gasteiger partial charge in [-0.15, -0.1) is 0 Å². The van der Waals surface area contributed by atoms with Gasteiger partial charge in [0.05, 0.1) is 5.92 Å². The second-order valence-electron chi connectivity index (χ2n) is 4.62. The SMILES string of the molecule is CC(CC(N)=O)NC(=O)N1CCC(C(=O)O)CC1. The molecule has 0 bridgehead atoms. The molecular formula is C11H19N3O4. The summed E-state index contributed by atoms with van der Waals surface area (Å²) in [7, 11) is 0. The third-order valence-corrected chi connectivity index (χ3v) is 3.01. The zero-order valence-corrected chi connectivity index (χ0v) is 10.4. The molecule has 0 spiro atoms. The van der Waals surface area contributed by atoms with E-state index in [1.54, 1.807) is 11.8 Å². The minimum Gasteiger partial charge on any atom is -0.481 e. The van der Waals surface area contributed by atoms with Crippen LogP contribution < -0.4 is 11.1 Å². The molecule has 1 atom stereocenters. The number of nitrogens with two attached hydrogens (primary N) is 1. The number of hydrogen-bond donors (Lipinski definition) is 3. The van der Waals surface area contributed by atoms with Gasteiger partial charge in [0.15, 0.2) is 0 Å². The van der Waals surface area contributed by atoms with E-state index in [4.69, 9.17) is 10.8 Å². The minimum atomic E-state index is -0.808. The Morgan fingerprint density at radius 3 is 2.39 bits per heavy atom. The van der Waals surface area contributed by atoms with Crippen molar-refractivity contribution in [2.45, 2.75) is 32.2 Å². The van der Waals surface area contributed by atoms with Crippen molar-refractivity contribution in [3.05, 3.63) is 0 Å². The van der Waals surface area contributed by atoms with Crippen LogP contribution in [0.1, 0.15) is 26.2 Å². The van der Waals surface area contributed by atoms with E-state index in [-0.39, 0.29) is 24.4 Å². The molecule has 0 saturated carbocycles. The molecule has 0 aromatic rings. The predicted octanol–water partition coefficient (Wildman–Crippen LogP) is -0.243. The summed E-state index contributed by atoms with van der Waals surface area (Å²) in [4.78, 5) is 34.8. The molecular weight excluding hydrogens is 238 g/mol. The highest BCUT2D eigenvalue weighted by Gasteiger charge is 2.27. The quantitative estimate of drug-likeness (QED) is 0.644. The molecule has 4 N–H and O–H groups in total. The van der Waals surface area contributed by atoms with Crippen molar-refractivity contribution in [1.82, 2.24) is 10.2 Å². The Morgan fingerprint density at radius 1 is 1.39 bits per heavy atom. The van der Waals surface area contributed by atoms with Crippen LogP contribution in [0.3, 0.4) is 0 Å². The van der Waals surface area contributed by atoms with Crippen molar-refractivity contribution in [1.29, 1.82) is 0 Å². The van der Waals surface area contributed by atoms with Gasteiger partial charge in [-0.05, 0) is 19.8 Å². The summed E-state index contributed by atoms with van der Waals surface area (Å²) in [5.41, 5.74) is 5.03. The molecule has 7 nitrogen and oxygen atoms in total. The zero-order valence-electron chi connectivity index (χ0n) is 10.4. The van der Waals surface area contributed by atoms with Gasteiger partial charge in [-0.25, -0.2) is 4.79 Å². The highest BCUT2D eigenvalue weighted by Crippen LogP contribution is 2.17. The summed E-state index contributed by atoms with van der Waals surface area (Å²) in [6, 6.07) is -0.584. The fraction of sp³-hybridized carbons (Fsp3) is 0.727. The largest absolute Gasteiger partial charge is 0.481 e. The maximum atomic E-state index is 11.8. The van der Waals surface area contributed by atoms with E-state index in [2.05, 4.69) is 5.32 Å². The topological polar surface area (TPSA) is 113 Å². The van der Waals surface area contributed by atoms with Crippen molar-refractivity contribution in [2.75, 3.05) is 13.1 Å². The number of nitrogens with one attached hydrogen (secondary N) is 1. The van der Waals surface area contributed by atoms with Crippen LogP contribution in [0.2, 0.25) is 0 Å². The Bertz CT molecular complexity index is 337. The molecule has 7 heteroatoms. The van der Waals surface area contributed by atoms with Gasteiger partial charge >= 0.3 is 12.0 Å². The number of carboxylic acid groups (broad SMARTS) is 1. The number of amides is 3. The number of likely N-dealkylation sites (tertiary alicyclic amines) is 1. The molecule has 102 valence electrons. The highest BCUT2D eigenvalue weighted by molar-refractivity contribution is 5.78. The molecule has 1 heterocycles. The number of aliphatic carboxylic acids is 1. The van der Waals surface area contributed by atoms with Crippen LogP contribution in [-0.2, 0) is 9.59 Å². The predicted molar refractivity (Wildman–Crippen MR) is 63.7 cm³/mol. The van der Waals surface area contributed by atoms with Gasteiger partial charge in [-0.1, -0.05) is 0 Å². The number of urea groups is 1. The van der Waals surface area contributed by atoms with Gasteiger partial charge < -0.3 is 21.1 Å². The van der Waals surface area contributed by atoms with Gasteiger partial charge in [0.25, 0.3) is 0 Å². The lowest BCUT2D eigenvalue weighted by Crippen LogP contribution is -2.48. The second-order valence-corrected chi connectivity index (χ2v) is 4.62. The van der Waals surface area contributed by atoms with E-state index < -0.39 is 11.9 Å². The number of carbonyl (C=O) groups excluding carboxylic acids is 2. The number of carboxylic acids is 1. The molecule has 1 aliphatic heterocycles. The Morgan fingerprint density at radius 2 is 1.94 bits per heavy atom. The van der Waals surface area contributed by atoms with Crippen molar-refractivity contribution in [3.63, 3.8) is 0 Å². The lowest BCUT2D eigenvalue weighted by atomic mass is 9.97. The van der Waals surface area contributed by atoms with Gasteiger partial charge in [-0.2, -0.15) is 0 Å². The van der Waals surface area contributed by atoms with Crippen molar-refractivity contribution >= 4 is 17.9 Å². The van der Waals surface area contributed by atoms with Crippen LogP contribution in [0.4, 0.5) is 4.79 Å². The van der Waals surface area contributed by atoms with E-state index in [1.165, 1.54) is 0 Å². The van der Waals surface area contributed by atoms with Crippen LogP contribution in [0.25, 0.3) is 0 Å². The number of primary amides is 1. The average Bonchev–Trinajstić information content (AvgIpc) is 2.27. The Balaban J connectivity index is 2.36. The van der Waals surface area contributed by atoms with Crippen molar-refractivity contribution in [3.8, 4) is 0 Å². The first-order chi connectivity index (χ1) is 8.40. The second kappa shape index (κ2) is 6.23. The zero-order chi connectivity index (χ0) is 13.7. The first-order valence-corrected chi connectivity index (χ1v) is 5.96. The standard InChI is InChI=1S/C11H19N3O4/c1-7(6-9(12)15)13-11(18)14-4-2-8(3-5-14)10(16)17/h7-8H,2-6H2,1H3,(H2,12,15)(H,13,18)(H,16,17). The third kappa shape index (κ3) is 4.23. The fourth-order valence-corrected chi connectivity index (χ4v) is 1.98. The van der Waals surface area contributed by atoms with E-state index >= 15 is 0 Å². The first kappa shape index (κ1) is 14.3. The fourth-order valence-electron chi connectivity index (χ4n) is 1.98. The molecule has 1 aliphatic rings. The molecule has 3 amide bonds. The monoisotopic (exact) mass is 257 g/mol. The molecule has 1 saturated heterocycles. The van der Waals surface area contributed by atoms with Crippen molar-refractivity contribution in [2.24, 2.45) is 11.7 Å². The van der Waals surface area contributed by atoms with E-state index in [9.17, 15) is 14.4 Å². The van der Waals surface area contributed by atoms with Gasteiger partial charge in [0.2, 0.25) is 5.91 Å². The van der Waals surface area contributed by atoms with Crippen LogP contribution in [0.15, 0.2) is 0 Å². The van der Waals surface area contributed by atoms with Gasteiger partial charge in [-0.3, -0.25) is 9.59 Å². The van der Waals surface area contributed by atoms with Crippen molar-refractivity contribution < 1.29 is 19.5 Å². The maximum absolute atomic E-state index is 11.8. The summed E-state index contributed by atoms with van der Waals surface area (Å²) < 4.78 is 0. The smallest absolute Gasteiger partial charge is 0.317 e. The molecule has 1 fully saturated rings. The molecule has 18 heavy (non-hydrogen) atoms. The van der Waals surface area contributed by atoms with Crippen LogP contribution >= 0.6 is 0 Å². The Labute approximate surface area is 105 Å². The van der Waals surface area contributed by atoms with E-state index in [1.807, 2.05) is 0 Å². The lowest BCUT2D eigenvalue weighted by Gasteiger charge is -2.31. The number of nitrogens with zero attached hydrogens (tertiary/aromatic N) is 1. The van der Waals surface area contributed by atoms with Crippen LogP contribution in [-0.4, -0.2) is 47.0 Å². The molecule has 0 aromatic heterocycles. The summed E-state index contributed by atoms with van der Waals surface area (Å²) >= 11 is 0. The summed E-state index contributed by atoms with van der Waals surface area (Å²) in [6.45, 7) is 2.55. The van der Waals surface area contributed by atoms with Crippen LogP contribution in [0, 0.1) is 5.92 Å². The lowest BCUT2D eigenvalue weighted by molar-refractivity contribution is -0.143. The number of hydrogen-bond acceptors (Lipinski definition) is 3. The van der Waals surface area contributed by atoms with Gasteiger partial charge in [0, 0.05) is 25.6 Å². The average molecular weight is 257 g/mol. The summed E-state index contributed by atoms with van der Waals surface area (Å²) in [5, 5.41) is 11.5.